The maximum atomic E-state index is 11.8. The normalized spacial score (nSPS) is 21.7. The van der Waals surface area contributed by atoms with E-state index < -0.39 is 9.84 Å². The second kappa shape index (κ2) is 5.06. The molecule has 0 aromatic carbocycles. The molecule has 0 saturated carbocycles. The molecule has 1 aliphatic heterocycles. The molecular formula is C12H16N2O3S. The van der Waals surface area contributed by atoms with Gasteiger partial charge in [-0.15, -0.1) is 0 Å². The van der Waals surface area contributed by atoms with Crippen LogP contribution in [0.4, 0.5) is 0 Å². The zero-order chi connectivity index (χ0) is 13.2. The summed E-state index contributed by atoms with van der Waals surface area (Å²) in [6, 6.07) is 3.48. The highest BCUT2D eigenvalue weighted by atomic mass is 32.2. The lowest BCUT2D eigenvalue weighted by molar-refractivity contribution is 0.0948. The molecule has 0 aliphatic carbocycles. The molecule has 2 heterocycles. The van der Waals surface area contributed by atoms with Crippen LogP contribution in [0.2, 0.25) is 0 Å². The minimum atomic E-state index is -2.88. The first-order valence-electron chi connectivity index (χ1n) is 5.87. The van der Waals surface area contributed by atoms with E-state index in [1.807, 2.05) is 6.92 Å². The van der Waals surface area contributed by atoms with Crippen LogP contribution in [-0.4, -0.2) is 37.4 Å². The number of carbonyl (C=O) groups excluding carboxylic acids is 1. The molecule has 5 nitrogen and oxygen atoms in total. The summed E-state index contributed by atoms with van der Waals surface area (Å²) >= 11 is 0. The molecule has 1 fully saturated rings. The lowest BCUT2D eigenvalue weighted by atomic mass is 10.1. The van der Waals surface area contributed by atoms with Gasteiger partial charge in [0.25, 0.3) is 5.91 Å². The Balaban J connectivity index is 1.87. The predicted octanol–water partition coefficient (Wildman–Crippen LogP) is 0.555. The van der Waals surface area contributed by atoms with Gasteiger partial charge in [-0.25, -0.2) is 8.42 Å². The molecule has 18 heavy (non-hydrogen) atoms. The third kappa shape index (κ3) is 3.29. The number of hydrogen-bond acceptors (Lipinski definition) is 4. The van der Waals surface area contributed by atoms with Gasteiger partial charge in [0.05, 0.1) is 17.1 Å². The Bertz CT molecular complexity index is 537. The highest BCUT2D eigenvalue weighted by molar-refractivity contribution is 7.91. The summed E-state index contributed by atoms with van der Waals surface area (Å²) in [7, 11) is -2.88. The molecule has 0 bridgehead atoms. The Kier molecular flexibility index (Phi) is 3.65. The van der Waals surface area contributed by atoms with Crippen molar-refractivity contribution < 1.29 is 13.2 Å². The van der Waals surface area contributed by atoms with Crippen molar-refractivity contribution in [3.05, 3.63) is 29.6 Å². The van der Waals surface area contributed by atoms with Gasteiger partial charge in [-0.3, -0.25) is 9.78 Å². The summed E-state index contributed by atoms with van der Waals surface area (Å²) in [4.78, 5) is 15.8. The summed E-state index contributed by atoms with van der Waals surface area (Å²) in [5.74, 6) is 0.253. The van der Waals surface area contributed by atoms with Crippen molar-refractivity contribution in [3.63, 3.8) is 0 Å². The third-order valence-corrected chi connectivity index (χ3v) is 4.89. The maximum absolute atomic E-state index is 11.8. The Morgan fingerprint density at radius 2 is 2.28 bits per heavy atom. The van der Waals surface area contributed by atoms with Crippen LogP contribution >= 0.6 is 0 Å². The molecule has 1 amide bonds. The van der Waals surface area contributed by atoms with E-state index in [0.29, 0.717) is 18.5 Å². The number of aromatic nitrogens is 1. The van der Waals surface area contributed by atoms with E-state index >= 15 is 0 Å². The average molecular weight is 268 g/mol. The number of nitrogens with zero attached hydrogens (tertiary/aromatic N) is 1. The molecule has 1 aromatic rings. The number of nitrogens with one attached hydrogen (secondary N) is 1. The molecule has 0 spiro atoms. The van der Waals surface area contributed by atoms with E-state index in [-0.39, 0.29) is 23.3 Å². The highest BCUT2D eigenvalue weighted by Crippen LogP contribution is 2.17. The van der Waals surface area contributed by atoms with Crippen LogP contribution in [0.3, 0.4) is 0 Å². The highest BCUT2D eigenvalue weighted by Gasteiger charge is 2.27. The van der Waals surface area contributed by atoms with Crippen LogP contribution in [0, 0.1) is 12.8 Å². The minimum absolute atomic E-state index is 0.0392. The first-order valence-corrected chi connectivity index (χ1v) is 7.70. The molecular weight excluding hydrogens is 252 g/mol. The van der Waals surface area contributed by atoms with Crippen molar-refractivity contribution in [2.24, 2.45) is 5.92 Å². The fraction of sp³-hybridized carbons (Fsp3) is 0.500. The fourth-order valence-electron chi connectivity index (χ4n) is 1.97. The van der Waals surface area contributed by atoms with Crippen LogP contribution in [-0.2, 0) is 9.84 Å². The van der Waals surface area contributed by atoms with Crippen molar-refractivity contribution in [2.45, 2.75) is 13.3 Å². The van der Waals surface area contributed by atoms with Gasteiger partial charge in [-0.2, -0.15) is 0 Å². The first kappa shape index (κ1) is 13.0. The van der Waals surface area contributed by atoms with E-state index in [0.717, 1.165) is 5.69 Å². The molecule has 98 valence electrons. The van der Waals surface area contributed by atoms with Crippen molar-refractivity contribution in [2.75, 3.05) is 18.1 Å². The van der Waals surface area contributed by atoms with Crippen molar-refractivity contribution in [3.8, 4) is 0 Å². The molecule has 1 N–H and O–H groups in total. The summed E-state index contributed by atoms with van der Waals surface area (Å²) in [6.45, 7) is 2.26. The summed E-state index contributed by atoms with van der Waals surface area (Å²) in [5, 5.41) is 2.75. The number of aryl methyl sites for hydroxylation is 1. The average Bonchev–Trinajstić information content (AvgIpc) is 2.67. The monoisotopic (exact) mass is 268 g/mol. The van der Waals surface area contributed by atoms with Crippen LogP contribution in [0.1, 0.15) is 22.5 Å². The van der Waals surface area contributed by atoms with Gasteiger partial charge in [0, 0.05) is 18.4 Å². The Labute approximate surface area is 107 Å². The van der Waals surface area contributed by atoms with Crippen molar-refractivity contribution >= 4 is 15.7 Å². The third-order valence-electron chi connectivity index (χ3n) is 3.05. The standard InChI is InChI=1S/C12H16N2O3S/c1-9-2-3-11(7-13-9)12(15)14-6-10-4-5-18(16,17)8-10/h2-3,7,10H,4-6,8H2,1H3,(H,14,15)/t10-/m1/s1. The first-order chi connectivity index (χ1) is 8.46. The van der Waals surface area contributed by atoms with Crippen LogP contribution in [0.5, 0.6) is 0 Å². The second-order valence-corrected chi connectivity index (χ2v) is 6.90. The number of amides is 1. The summed E-state index contributed by atoms with van der Waals surface area (Å²) in [5.41, 5.74) is 1.36. The molecule has 2 rings (SSSR count). The van der Waals surface area contributed by atoms with Gasteiger partial charge in [0.2, 0.25) is 0 Å². The number of sulfone groups is 1. The maximum Gasteiger partial charge on any atom is 0.252 e. The minimum Gasteiger partial charge on any atom is -0.352 e. The molecule has 1 atom stereocenters. The van der Waals surface area contributed by atoms with Crippen LogP contribution in [0.25, 0.3) is 0 Å². The Morgan fingerprint density at radius 3 is 2.83 bits per heavy atom. The second-order valence-electron chi connectivity index (χ2n) is 4.67. The molecule has 6 heteroatoms. The largest absolute Gasteiger partial charge is 0.352 e. The molecule has 0 unspecified atom stereocenters. The van der Waals surface area contributed by atoms with E-state index in [4.69, 9.17) is 0 Å². The topological polar surface area (TPSA) is 76.1 Å². The quantitative estimate of drug-likeness (QED) is 0.868. The van der Waals surface area contributed by atoms with Gasteiger partial charge >= 0.3 is 0 Å². The smallest absolute Gasteiger partial charge is 0.252 e. The van der Waals surface area contributed by atoms with E-state index in [1.54, 1.807) is 12.1 Å². The lowest BCUT2D eigenvalue weighted by Crippen LogP contribution is -2.29. The molecule has 1 aliphatic rings. The van der Waals surface area contributed by atoms with Gasteiger partial charge in [0.1, 0.15) is 0 Å². The van der Waals surface area contributed by atoms with Crippen molar-refractivity contribution in [1.82, 2.24) is 10.3 Å². The van der Waals surface area contributed by atoms with Gasteiger partial charge < -0.3 is 5.32 Å². The Hall–Kier alpha value is -1.43. The molecule has 0 radical (unpaired) electrons. The Morgan fingerprint density at radius 1 is 1.50 bits per heavy atom. The SMILES string of the molecule is Cc1ccc(C(=O)NC[C@H]2CCS(=O)(=O)C2)cn1. The molecule has 1 saturated heterocycles. The van der Waals surface area contributed by atoms with Gasteiger partial charge in [0.15, 0.2) is 9.84 Å². The van der Waals surface area contributed by atoms with Crippen LogP contribution in [0.15, 0.2) is 18.3 Å². The summed E-state index contributed by atoms with van der Waals surface area (Å²) in [6.07, 6.45) is 2.16. The van der Waals surface area contributed by atoms with Gasteiger partial charge in [-0.05, 0) is 31.4 Å². The fourth-order valence-corrected chi connectivity index (χ4v) is 3.84. The van der Waals surface area contributed by atoms with E-state index in [9.17, 15) is 13.2 Å². The predicted molar refractivity (Wildman–Crippen MR) is 68.1 cm³/mol. The van der Waals surface area contributed by atoms with Crippen molar-refractivity contribution in [1.29, 1.82) is 0 Å². The number of carbonyl (C=O) groups is 1. The number of pyridine rings is 1. The number of rotatable bonds is 3. The molecule has 1 aromatic heterocycles. The lowest BCUT2D eigenvalue weighted by Gasteiger charge is -2.09. The van der Waals surface area contributed by atoms with E-state index in [1.165, 1.54) is 6.20 Å². The van der Waals surface area contributed by atoms with Crippen LogP contribution < -0.4 is 5.32 Å². The zero-order valence-electron chi connectivity index (χ0n) is 10.2. The zero-order valence-corrected chi connectivity index (χ0v) is 11.0. The number of hydrogen-bond donors (Lipinski definition) is 1. The summed E-state index contributed by atoms with van der Waals surface area (Å²) < 4.78 is 22.5. The van der Waals surface area contributed by atoms with E-state index in [2.05, 4.69) is 10.3 Å². The van der Waals surface area contributed by atoms with Gasteiger partial charge in [-0.1, -0.05) is 0 Å².